The summed E-state index contributed by atoms with van der Waals surface area (Å²) in [5, 5.41) is 6.36. The number of hydrogen-bond donors (Lipinski definition) is 1. The Kier molecular flexibility index (Phi) is 3.84. The van der Waals surface area contributed by atoms with E-state index in [1.165, 1.54) is 23.3 Å². The molecule has 0 saturated heterocycles. The lowest BCUT2D eigenvalue weighted by molar-refractivity contribution is 0.723. The van der Waals surface area contributed by atoms with E-state index in [2.05, 4.69) is 18.3 Å². The van der Waals surface area contributed by atoms with E-state index in [1.807, 2.05) is 11.4 Å². The lowest BCUT2D eigenvalue weighted by Crippen LogP contribution is -2.18. The van der Waals surface area contributed by atoms with Crippen LogP contribution in [-0.4, -0.2) is 12.6 Å². The van der Waals surface area contributed by atoms with Gasteiger partial charge >= 0.3 is 0 Å². The predicted molar refractivity (Wildman–Crippen MR) is 68.6 cm³/mol. The molecule has 1 nitrogen and oxygen atoms in total. The van der Waals surface area contributed by atoms with Gasteiger partial charge in [0.15, 0.2) is 0 Å². The lowest BCUT2D eigenvalue weighted by atomic mass is 10.2. The van der Waals surface area contributed by atoms with Crippen LogP contribution in [-0.2, 0) is 0 Å². The van der Waals surface area contributed by atoms with Crippen molar-refractivity contribution in [3.05, 3.63) is 26.9 Å². The minimum atomic E-state index is 0.784. The number of thiophene rings is 1. The molecule has 1 aromatic rings. The summed E-state index contributed by atoms with van der Waals surface area (Å²) >= 11 is 7.60. The van der Waals surface area contributed by atoms with Crippen molar-refractivity contribution in [3.63, 3.8) is 0 Å². The SMILES string of the molecule is CCC(=Cc1cc(Cl)cs1)CNC1CC1. The summed E-state index contributed by atoms with van der Waals surface area (Å²) in [6.07, 6.45) is 6.06. The zero-order valence-corrected chi connectivity index (χ0v) is 10.5. The second-order valence-electron chi connectivity index (χ2n) is 3.98. The Morgan fingerprint density at radius 1 is 1.67 bits per heavy atom. The van der Waals surface area contributed by atoms with Crippen molar-refractivity contribution in [1.29, 1.82) is 0 Å². The van der Waals surface area contributed by atoms with Gasteiger partial charge in [0.05, 0.1) is 5.02 Å². The van der Waals surface area contributed by atoms with Crippen molar-refractivity contribution in [2.75, 3.05) is 6.54 Å². The van der Waals surface area contributed by atoms with Crippen molar-refractivity contribution in [1.82, 2.24) is 5.32 Å². The number of halogens is 1. The Bertz CT molecular complexity index is 352. The van der Waals surface area contributed by atoms with E-state index in [4.69, 9.17) is 11.6 Å². The maximum absolute atomic E-state index is 5.89. The molecular formula is C12H16ClNS. The molecule has 0 unspecified atom stereocenters. The monoisotopic (exact) mass is 241 g/mol. The third-order valence-corrected chi connectivity index (χ3v) is 3.81. The van der Waals surface area contributed by atoms with Gasteiger partial charge in [-0.05, 0) is 31.4 Å². The topological polar surface area (TPSA) is 12.0 Å². The molecule has 1 heterocycles. The summed E-state index contributed by atoms with van der Waals surface area (Å²) in [6, 6.07) is 2.81. The van der Waals surface area contributed by atoms with Gasteiger partial charge in [0.25, 0.3) is 0 Å². The highest BCUT2D eigenvalue weighted by Gasteiger charge is 2.19. The van der Waals surface area contributed by atoms with Crippen molar-refractivity contribution in [2.24, 2.45) is 0 Å². The summed E-state index contributed by atoms with van der Waals surface area (Å²) in [5.41, 5.74) is 1.46. The normalized spacial score (nSPS) is 17.1. The van der Waals surface area contributed by atoms with E-state index in [-0.39, 0.29) is 0 Å². The van der Waals surface area contributed by atoms with Gasteiger partial charge < -0.3 is 5.32 Å². The molecule has 15 heavy (non-hydrogen) atoms. The minimum absolute atomic E-state index is 0.784. The van der Waals surface area contributed by atoms with Crippen LogP contribution in [0.15, 0.2) is 17.0 Å². The molecule has 3 heteroatoms. The molecule has 1 aromatic heterocycles. The molecular weight excluding hydrogens is 226 g/mol. The van der Waals surface area contributed by atoms with Crippen LogP contribution in [0.2, 0.25) is 5.02 Å². The molecule has 1 saturated carbocycles. The molecule has 1 N–H and O–H groups in total. The Hall–Kier alpha value is -0.310. The van der Waals surface area contributed by atoms with E-state index < -0.39 is 0 Å². The zero-order chi connectivity index (χ0) is 10.7. The van der Waals surface area contributed by atoms with Crippen LogP contribution in [0, 0.1) is 0 Å². The van der Waals surface area contributed by atoms with Crippen molar-refractivity contribution >= 4 is 29.0 Å². The first-order valence-electron chi connectivity index (χ1n) is 5.45. The first-order valence-corrected chi connectivity index (χ1v) is 6.70. The molecule has 82 valence electrons. The Morgan fingerprint density at radius 2 is 2.47 bits per heavy atom. The first kappa shape index (κ1) is 11.2. The van der Waals surface area contributed by atoms with Crippen LogP contribution in [0.4, 0.5) is 0 Å². The van der Waals surface area contributed by atoms with Gasteiger partial charge in [-0.1, -0.05) is 24.1 Å². The third-order valence-electron chi connectivity index (χ3n) is 2.58. The van der Waals surface area contributed by atoms with Gasteiger partial charge in [0.2, 0.25) is 0 Å². The van der Waals surface area contributed by atoms with Gasteiger partial charge in [-0.15, -0.1) is 11.3 Å². The highest BCUT2D eigenvalue weighted by atomic mass is 35.5. The average Bonchev–Trinajstić information content (AvgIpc) is 2.97. The first-order chi connectivity index (χ1) is 7.28. The summed E-state index contributed by atoms with van der Waals surface area (Å²) in [7, 11) is 0. The molecule has 0 aliphatic heterocycles. The summed E-state index contributed by atoms with van der Waals surface area (Å²) in [5.74, 6) is 0. The predicted octanol–water partition coefficient (Wildman–Crippen LogP) is 3.95. The van der Waals surface area contributed by atoms with Gasteiger partial charge in [0.1, 0.15) is 0 Å². The van der Waals surface area contributed by atoms with Crippen LogP contribution < -0.4 is 5.32 Å². The molecule has 1 fully saturated rings. The third kappa shape index (κ3) is 3.63. The van der Waals surface area contributed by atoms with Crippen LogP contribution in [0.3, 0.4) is 0 Å². The Morgan fingerprint density at radius 3 is 3.00 bits per heavy atom. The molecule has 1 aliphatic carbocycles. The Balaban J connectivity index is 1.94. The van der Waals surface area contributed by atoms with Gasteiger partial charge in [-0.2, -0.15) is 0 Å². The van der Waals surface area contributed by atoms with Crippen LogP contribution in [0.5, 0.6) is 0 Å². The fourth-order valence-corrected chi connectivity index (χ4v) is 2.51. The maximum Gasteiger partial charge on any atom is 0.0519 e. The largest absolute Gasteiger partial charge is 0.310 e. The second kappa shape index (κ2) is 5.15. The molecule has 0 atom stereocenters. The molecule has 0 aromatic carbocycles. The quantitative estimate of drug-likeness (QED) is 0.823. The minimum Gasteiger partial charge on any atom is -0.310 e. The zero-order valence-electron chi connectivity index (χ0n) is 8.92. The van der Waals surface area contributed by atoms with Crippen molar-refractivity contribution < 1.29 is 0 Å². The molecule has 0 radical (unpaired) electrons. The van der Waals surface area contributed by atoms with Crippen LogP contribution in [0.25, 0.3) is 6.08 Å². The van der Waals surface area contributed by atoms with Crippen LogP contribution >= 0.6 is 22.9 Å². The van der Waals surface area contributed by atoms with Crippen molar-refractivity contribution in [3.8, 4) is 0 Å². The van der Waals surface area contributed by atoms with Gasteiger partial charge in [-0.3, -0.25) is 0 Å². The lowest BCUT2D eigenvalue weighted by Gasteiger charge is -2.05. The molecule has 1 aliphatic rings. The van der Waals surface area contributed by atoms with Gasteiger partial charge in [-0.25, -0.2) is 0 Å². The standard InChI is InChI=1S/C12H16ClNS/c1-2-9(7-14-11-3-4-11)5-12-6-10(13)8-15-12/h5-6,8,11,14H,2-4,7H2,1H3. The van der Waals surface area contributed by atoms with E-state index >= 15 is 0 Å². The number of nitrogens with one attached hydrogen (secondary N) is 1. The summed E-state index contributed by atoms with van der Waals surface area (Å²) in [4.78, 5) is 1.26. The van der Waals surface area contributed by atoms with E-state index in [0.29, 0.717) is 0 Å². The van der Waals surface area contributed by atoms with Crippen LogP contribution in [0.1, 0.15) is 31.1 Å². The highest BCUT2D eigenvalue weighted by molar-refractivity contribution is 7.11. The van der Waals surface area contributed by atoms with Gasteiger partial charge in [0, 0.05) is 22.8 Å². The smallest absolute Gasteiger partial charge is 0.0519 e. The molecule has 2 rings (SSSR count). The number of rotatable bonds is 5. The van der Waals surface area contributed by atoms with E-state index in [1.54, 1.807) is 11.3 Å². The number of hydrogen-bond acceptors (Lipinski definition) is 2. The fraction of sp³-hybridized carbons (Fsp3) is 0.500. The average molecular weight is 242 g/mol. The maximum atomic E-state index is 5.89. The fourth-order valence-electron chi connectivity index (χ4n) is 1.45. The molecule has 0 amide bonds. The highest BCUT2D eigenvalue weighted by Crippen LogP contribution is 2.23. The van der Waals surface area contributed by atoms with Crippen molar-refractivity contribution in [2.45, 2.75) is 32.2 Å². The van der Waals surface area contributed by atoms with E-state index in [0.717, 1.165) is 24.0 Å². The van der Waals surface area contributed by atoms with E-state index in [9.17, 15) is 0 Å². The summed E-state index contributed by atoms with van der Waals surface area (Å²) in [6.45, 7) is 3.23. The molecule has 0 spiro atoms. The molecule has 0 bridgehead atoms. The second-order valence-corrected chi connectivity index (χ2v) is 5.36. The Labute approximate surface area is 100 Å². The summed E-state index contributed by atoms with van der Waals surface area (Å²) < 4.78 is 0.